The summed E-state index contributed by atoms with van der Waals surface area (Å²) in [6.07, 6.45) is 1.59. The fourth-order valence-electron chi connectivity index (χ4n) is 2.49. The Kier molecular flexibility index (Phi) is 4.78. The second-order valence-corrected chi connectivity index (χ2v) is 7.62. The Morgan fingerprint density at radius 1 is 1.00 bits per heavy atom. The third kappa shape index (κ3) is 3.52. The summed E-state index contributed by atoms with van der Waals surface area (Å²) in [5.74, 6) is 1.05. The highest BCUT2D eigenvalue weighted by molar-refractivity contribution is 14.1. The number of carbonyl (C=O) groups excluding carboxylic acids is 1. The lowest BCUT2D eigenvalue weighted by Gasteiger charge is -2.01. The smallest absolute Gasteiger partial charge is 0.363 e. The van der Waals surface area contributed by atoms with Crippen LogP contribution >= 0.6 is 38.5 Å². The van der Waals surface area contributed by atoms with Gasteiger partial charge in [-0.25, -0.2) is 9.79 Å². The summed E-state index contributed by atoms with van der Waals surface area (Å²) in [6, 6.07) is 19.1. The van der Waals surface area contributed by atoms with Crippen LogP contribution in [0.3, 0.4) is 0 Å². The van der Waals surface area contributed by atoms with Gasteiger partial charge in [0.1, 0.15) is 11.5 Å². The molecular formula is C20H11BrINO3. The summed E-state index contributed by atoms with van der Waals surface area (Å²) in [7, 11) is 0. The number of carbonyl (C=O) groups is 1. The molecule has 0 spiro atoms. The molecule has 0 saturated heterocycles. The van der Waals surface area contributed by atoms with E-state index in [1.54, 1.807) is 12.1 Å². The van der Waals surface area contributed by atoms with Gasteiger partial charge in [-0.1, -0.05) is 24.3 Å². The van der Waals surface area contributed by atoms with Crippen molar-refractivity contribution >= 4 is 56.5 Å². The van der Waals surface area contributed by atoms with Crippen LogP contribution < -0.4 is 0 Å². The molecule has 1 aromatic heterocycles. The van der Waals surface area contributed by atoms with Gasteiger partial charge in [0.05, 0.1) is 5.56 Å². The molecule has 4 rings (SSSR count). The summed E-state index contributed by atoms with van der Waals surface area (Å²) in [5.41, 5.74) is 1.91. The Hall–Kier alpha value is -2.19. The topological polar surface area (TPSA) is 51.8 Å². The number of hydrogen-bond acceptors (Lipinski definition) is 4. The highest BCUT2D eigenvalue weighted by Crippen LogP contribution is 2.27. The van der Waals surface area contributed by atoms with Gasteiger partial charge in [-0.3, -0.25) is 0 Å². The fraction of sp³-hybridized carbons (Fsp3) is 0. The average Bonchev–Trinajstić information content (AvgIpc) is 3.24. The lowest BCUT2D eigenvalue weighted by atomic mass is 10.2. The van der Waals surface area contributed by atoms with Crippen LogP contribution in [0.25, 0.3) is 17.4 Å². The molecular weight excluding hydrogens is 509 g/mol. The van der Waals surface area contributed by atoms with Crippen molar-refractivity contribution in [3.8, 4) is 11.3 Å². The summed E-state index contributed by atoms with van der Waals surface area (Å²) < 4.78 is 13.1. The largest absolute Gasteiger partial charge is 0.457 e. The quantitative estimate of drug-likeness (QED) is 0.255. The molecule has 6 heteroatoms. The van der Waals surface area contributed by atoms with E-state index in [-0.39, 0.29) is 11.6 Å². The molecule has 4 nitrogen and oxygen atoms in total. The first-order chi connectivity index (χ1) is 12.6. The van der Waals surface area contributed by atoms with E-state index in [1.165, 1.54) is 0 Å². The van der Waals surface area contributed by atoms with Gasteiger partial charge in [0, 0.05) is 19.7 Å². The third-order valence-electron chi connectivity index (χ3n) is 3.76. The molecule has 2 aromatic carbocycles. The van der Waals surface area contributed by atoms with Crippen molar-refractivity contribution < 1.29 is 13.9 Å². The van der Waals surface area contributed by atoms with Crippen LogP contribution in [-0.2, 0) is 9.53 Å². The van der Waals surface area contributed by atoms with Gasteiger partial charge in [-0.2, -0.15) is 0 Å². The van der Waals surface area contributed by atoms with E-state index in [1.807, 2.05) is 54.6 Å². The highest BCUT2D eigenvalue weighted by Gasteiger charge is 2.25. The normalized spacial score (nSPS) is 15.2. The molecule has 26 heavy (non-hydrogen) atoms. The summed E-state index contributed by atoms with van der Waals surface area (Å²) in [6.45, 7) is 0. The number of hydrogen-bond donors (Lipinski definition) is 0. The van der Waals surface area contributed by atoms with Crippen molar-refractivity contribution in [2.75, 3.05) is 0 Å². The van der Waals surface area contributed by atoms with E-state index in [4.69, 9.17) is 9.15 Å². The molecule has 0 N–H and O–H groups in total. The van der Waals surface area contributed by atoms with Gasteiger partial charge in [0.15, 0.2) is 5.70 Å². The van der Waals surface area contributed by atoms with E-state index in [0.29, 0.717) is 5.76 Å². The van der Waals surface area contributed by atoms with Gasteiger partial charge >= 0.3 is 5.97 Å². The first-order valence-electron chi connectivity index (χ1n) is 7.73. The van der Waals surface area contributed by atoms with Crippen LogP contribution in [0.4, 0.5) is 0 Å². The maximum Gasteiger partial charge on any atom is 0.363 e. The Balaban J connectivity index is 1.63. The Morgan fingerprint density at radius 2 is 1.77 bits per heavy atom. The lowest BCUT2D eigenvalue weighted by Crippen LogP contribution is -2.05. The van der Waals surface area contributed by atoms with E-state index in [2.05, 4.69) is 43.5 Å². The molecule has 0 radical (unpaired) electrons. The summed E-state index contributed by atoms with van der Waals surface area (Å²) in [4.78, 5) is 16.4. The number of benzene rings is 2. The number of cyclic esters (lactones) is 1. The minimum atomic E-state index is -0.497. The van der Waals surface area contributed by atoms with Gasteiger partial charge in [-0.15, -0.1) is 0 Å². The van der Waals surface area contributed by atoms with Crippen molar-refractivity contribution in [2.24, 2.45) is 4.99 Å². The second kappa shape index (κ2) is 7.20. The van der Waals surface area contributed by atoms with Crippen molar-refractivity contribution in [3.63, 3.8) is 0 Å². The van der Waals surface area contributed by atoms with Crippen molar-refractivity contribution in [3.05, 3.63) is 85.7 Å². The molecule has 0 fully saturated rings. The molecule has 0 bridgehead atoms. The highest BCUT2D eigenvalue weighted by atomic mass is 127. The number of furan rings is 1. The van der Waals surface area contributed by atoms with Crippen molar-refractivity contribution in [1.82, 2.24) is 0 Å². The molecule has 0 unspecified atom stereocenters. The Labute approximate surface area is 171 Å². The monoisotopic (exact) mass is 519 g/mol. The zero-order valence-corrected chi connectivity index (χ0v) is 17.0. The molecule has 0 amide bonds. The molecule has 0 saturated carbocycles. The summed E-state index contributed by atoms with van der Waals surface area (Å²) in [5, 5.41) is 0. The molecule has 1 aliphatic heterocycles. The van der Waals surface area contributed by atoms with Crippen LogP contribution in [0.5, 0.6) is 0 Å². The van der Waals surface area contributed by atoms with Gasteiger partial charge < -0.3 is 9.15 Å². The molecule has 128 valence electrons. The molecule has 0 atom stereocenters. The first-order valence-corrected chi connectivity index (χ1v) is 9.60. The standard InChI is InChI=1S/C20H11BrINO3/c21-16-4-2-1-3-15(16)19-23-17(20(24)26-19)11-14-9-10-18(25-14)12-5-7-13(22)8-6-12/h1-11H/b17-11-. The van der Waals surface area contributed by atoms with E-state index in [9.17, 15) is 4.79 Å². The van der Waals surface area contributed by atoms with E-state index >= 15 is 0 Å². The first kappa shape index (κ1) is 17.2. The molecule has 1 aliphatic rings. The molecule has 2 heterocycles. The van der Waals surface area contributed by atoms with Crippen LogP contribution in [0.1, 0.15) is 11.3 Å². The van der Waals surface area contributed by atoms with E-state index in [0.717, 1.165) is 24.9 Å². The van der Waals surface area contributed by atoms with Crippen LogP contribution in [-0.4, -0.2) is 11.9 Å². The maximum absolute atomic E-state index is 12.1. The van der Waals surface area contributed by atoms with Gasteiger partial charge in [-0.05, 0) is 74.9 Å². The maximum atomic E-state index is 12.1. The number of nitrogens with zero attached hydrogens (tertiary/aromatic N) is 1. The van der Waals surface area contributed by atoms with Crippen LogP contribution in [0.15, 0.2) is 80.2 Å². The average molecular weight is 520 g/mol. The van der Waals surface area contributed by atoms with E-state index < -0.39 is 5.97 Å². The zero-order valence-electron chi connectivity index (χ0n) is 13.3. The van der Waals surface area contributed by atoms with Crippen molar-refractivity contribution in [2.45, 2.75) is 0 Å². The zero-order chi connectivity index (χ0) is 18.1. The fourth-order valence-corrected chi connectivity index (χ4v) is 3.31. The third-order valence-corrected chi connectivity index (χ3v) is 5.17. The molecule has 3 aromatic rings. The second-order valence-electron chi connectivity index (χ2n) is 5.52. The predicted octanol–water partition coefficient (Wildman–Crippen LogP) is 5.66. The SMILES string of the molecule is O=C1OC(c2ccccc2Br)=N/C1=C\c1ccc(-c2ccc(I)cc2)o1. The number of rotatable bonds is 3. The van der Waals surface area contributed by atoms with Gasteiger partial charge in [0.25, 0.3) is 0 Å². The van der Waals surface area contributed by atoms with Gasteiger partial charge in [0.2, 0.25) is 5.90 Å². The minimum absolute atomic E-state index is 0.208. The number of halogens is 2. The number of aliphatic imine (C=N–C) groups is 1. The Bertz CT molecular complexity index is 1050. The van der Waals surface area contributed by atoms with Crippen LogP contribution in [0.2, 0.25) is 0 Å². The lowest BCUT2D eigenvalue weighted by molar-refractivity contribution is -0.129. The number of ether oxygens (including phenoxy) is 1. The number of esters is 1. The summed E-state index contributed by atoms with van der Waals surface area (Å²) >= 11 is 5.69. The van der Waals surface area contributed by atoms with Crippen LogP contribution in [0, 0.1) is 3.57 Å². The minimum Gasteiger partial charge on any atom is -0.457 e. The van der Waals surface area contributed by atoms with Crippen molar-refractivity contribution in [1.29, 1.82) is 0 Å². The molecule has 0 aliphatic carbocycles. The predicted molar refractivity (Wildman–Crippen MR) is 112 cm³/mol. The Morgan fingerprint density at radius 3 is 2.54 bits per heavy atom.